The first-order valence-corrected chi connectivity index (χ1v) is 5.74. The van der Waals surface area contributed by atoms with Crippen LogP contribution in [-0.2, 0) is 0 Å². The van der Waals surface area contributed by atoms with Crippen LogP contribution in [0.1, 0.15) is 5.56 Å². The van der Waals surface area contributed by atoms with Gasteiger partial charge in [-0.15, -0.1) is 0 Å². The molecule has 0 aromatic heterocycles. The topological polar surface area (TPSA) is 35.2 Å². The lowest BCUT2D eigenvalue weighted by Crippen LogP contribution is -1.90. The maximum absolute atomic E-state index is 5.76. The zero-order valence-corrected chi connectivity index (χ0v) is 10.5. The Balaban J connectivity index is 2.30. The third kappa shape index (κ3) is 2.55. The SMILES string of the molecule is Cc1cc(N)cc(Oc2ccccc2Br)c1. The van der Waals surface area contributed by atoms with Crippen molar-refractivity contribution in [2.24, 2.45) is 0 Å². The molecule has 2 rings (SSSR count). The zero-order valence-electron chi connectivity index (χ0n) is 8.91. The Hall–Kier alpha value is -1.48. The highest BCUT2D eigenvalue weighted by Gasteiger charge is 2.02. The molecule has 0 bridgehead atoms. The van der Waals surface area contributed by atoms with Gasteiger partial charge in [-0.1, -0.05) is 12.1 Å². The molecule has 0 radical (unpaired) electrons. The molecule has 0 unspecified atom stereocenters. The van der Waals surface area contributed by atoms with Crippen LogP contribution in [0, 0.1) is 6.92 Å². The summed E-state index contributed by atoms with van der Waals surface area (Å²) in [4.78, 5) is 0. The Kier molecular flexibility index (Phi) is 3.15. The minimum Gasteiger partial charge on any atom is -0.456 e. The van der Waals surface area contributed by atoms with E-state index in [1.54, 1.807) is 0 Å². The van der Waals surface area contributed by atoms with Crippen molar-refractivity contribution in [3.8, 4) is 11.5 Å². The summed E-state index contributed by atoms with van der Waals surface area (Å²) >= 11 is 3.43. The molecule has 0 aliphatic carbocycles. The van der Waals surface area contributed by atoms with E-state index in [2.05, 4.69) is 15.9 Å². The minimum atomic E-state index is 0.710. The van der Waals surface area contributed by atoms with Crippen molar-refractivity contribution < 1.29 is 4.74 Å². The smallest absolute Gasteiger partial charge is 0.141 e. The molecule has 2 N–H and O–H groups in total. The van der Waals surface area contributed by atoms with Gasteiger partial charge in [0, 0.05) is 11.8 Å². The Morgan fingerprint density at radius 3 is 2.56 bits per heavy atom. The monoisotopic (exact) mass is 277 g/mol. The summed E-state index contributed by atoms with van der Waals surface area (Å²) in [5.74, 6) is 1.54. The van der Waals surface area contributed by atoms with E-state index < -0.39 is 0 Å². The number of benzene rings is 2. The second kappa shape index (κ2) is 4.58. The fourth-order valence-corrected chi connectivity index (χ4v) is 1.86. The van der Waals surface area contributed by atoms with Gasteiger partial charge in [0.05, 0.1) is 4.47 Å². The van der Waals surface area contributed by atoms with Crippen LogP contribution < -0.4 is 10.5 Å². The fourth-order valence-electron chi connectivity index (χ4n) is 1.49. The van der Waals surface area contributed by atoms with Gasteiger partial charge in [-0.2, -0.15) is 0 Å². The molecule has 3 heteroatoms. The molecule has 2 aromatic carbocycles. The van der Waals surface area contributed by atoms with E-state index >= 15 is 0 Å². The van der Waals surface area contributed by atoms with Crippen molar-refractivity contribution in [3.63, 3.8) is 0 Å². The van der Waals surface area contributed by atoms with Crippen molar-refractivity contribution in [3.05, 3.63) is 52.5 Å². The quantitative estimate of drug-likeness (QED) is 0.838. The molecular weight excluding hydrogens is 266 g/mol. The van der Waals surface area contributed by atoms with Crippen LogP contribution >= 0.6 is 15.9 Å². The Morgan fingerprint density at radius 1 is 1.12 bits per heavy atom. The summed E-state index contributed by atoms with van der Waals surface area (Å²) in [5.41, 5.74) is 7.55. The first kappa shape index (κ1) is 11.0. The number of hydrogen-bond donors (Lipinski definition) is 1. The maximum atomic E-state index is 5.76. The molecule has 0 amide bonds. The predicted molar refractivity (Wildman–Crippen MR) is 69.8 cm³/mol. The van der Waals surface area contributed by atoms with Crippen LogP contribution in [0.15, 0.2) is 46.9 Å². The molecule has 0 saturated carbocycles. The fraction of sp³-hybridized carbons (Fsp3) is 0.0769. The highest BCUT2D eigenvalue weighted by atomic mass is 79.9. The molecular formula is C13H12BrNO. The molecule has 0 aliphatic heterocycles. The molecule has 0 heterocycles. The van der Waals surface area contributed by atoms with Crippen LogP contribution in [0.3, 0.4) is 0 Å². The third-order valence-corrected chi connectivity index (χ3v) is 2.79. The summed E-state index contributed by atoms with van der Waals surface area (Å²) in [6.07, 6.45) is 0. The third-order valence-electron chi connectivity index (χ3n) is 2.14. The minimum absolute atomic E-state index is 0.710. The number of aryl methyl sites for hydroxylation is 1. The number of nitrogens with two attached hydrogens (primary N) is 1. The summed E-state index contributed by atoms with van der Waals surface area (Å²) in [5, 5.41) is 0. The molecule has 2 aromatic rings. The van der Waals surface area contributed by atoms with E-state index in [-0.39, 0.29) is 0 Å². The second-order valence-electron chi connectivity index (χ2n) is 3.61. The van der Waals surface area contributed by atoms with Crippen LogP contribution in [-0.4, -0.2) is 0 Å². The number of rotatable bonds is 2. The van der Waals surface area contributed by atoms with Gasteiger partial charge >= 0.3 is 0 Å². The number of hydrogen-bond acceptors (Lipinski definition) is 2. The molecule has 0 saturated heterocycles. The predicted octanol–water partition coefficient (Wildman–Crippen LogP) is 4.13. The molecule has 82 valence electrons. The molecule has 2 nitrogen and oxygen atoms in total. The number of anilines is 1. The van der Waals surface area contributed by atoms with Gasteiger partial charge in [-0.3, -0.25) is 0 Å². The lowest BCUT2D eigenvalue weighted by atomic mass is 10.2. The average Bonchev–Trinajstić information content (AvgIpc) is 2.20. The maximum Gasteiger partial charge on any atom is 0.141 e. The van der Waals surface area contributed by atoms with Crippen LogP contribution in [0.5, 0.6) is 11.5 Å². The van der Waals surface area contributed by atoms with E-state index in [1.807, 2.05) is 49.4 Å². The van der Waals surface area contributed by atoms with Crippen LogP contribution in [0.4, 0.5) is 5.69 Å². The second-order valence-corrected chi connectivity index (χ2v) is 4.47. The molecule has 0 spiro atoms. The van der Waals surface area contributed by atoms with E-state index in [4.69, 9.17) is 10.5 Å². The first-order valence-electron chi connectivity index (χ1n) is 4.95. The van der Waals surface area contributed by atoms with Gasteiger partial charge in [0.1, 0.15) is 11.5 Å². The van der Waals surface area contributed by atoms with Gasteiger partial charge in [-0.05, 0) is 52.7 Å². The van der Waals surface area contributed by atoms with E-state index in [9.17, 15) is 0 Å². The van der Waals surface area contributed by atoms with Gasteiger partial charge in [0.25, 0.3) is 0 Å². The summed E-state index contributed by atoms with van der Waals surface area (Å²) < 4.78 is 6.67. The number of ether oxygens (including phenoxy) is 1. The summed E-state index contributed by atoms with van der Waals surface area (Å²) in [6, 6.07) is 13.4. The number of para-hydroxylation sites is 1. The zero-order chi connectivity index (χ0) is 11.5. The molecule has 0 atom stereocenters. The van der Waals surface area contributed by atoms with Gasteiger partial charge in [0.2, 0.25) is 0 Å². The van der Waals surface area contributed by atoms with Crippen molar-refractivity contribution in [2.75, 3.05) is 5.73 Å². The first-order chi connectivity index (χ1) is 7.65. The van der Waals surface area contributed by atoms with Crippen molar-refractivity contribution in [1.29, 1.82) is 0 Å². The van der Waals surface area contributed by atoms with E-state index in [0.717, 1.165) is 21.5 Å². The molecule has 16 heavy (non-hydrogen) atoms. The number of halogens is 1. The molecule has 0 aliphatic rings. The van der Waals surface area contributed by atoms with Crippen molar-refractivity contribution >= 4 is 21.6 Å². The highest BCUT2D eigenvalue weighted by Crippen LogP contribution is 2.30. The van der Waals surface area contributed by atoms with E-state index in [1.165, 1.54) is 0 Å². The van der Waals surface area contributed by atoms with Crippen molar-refractivity contribution in [1.82, 2.24) is 0 Å². The normalized spacial score (nSPS) is 10.1. The Labute approximate surface area is 103 Å². The van der Waals surface area contributed by atoms with Gasteiger partial charge < -0.3 is 10.5 Å². The van der Waals surface area contributed by atoms with Gasteiger partial charge in [0.15, 0.2) is 0 Å². The highest BCUT2D eigenvalue weighted by molar-refractivity contribution is 9.10. The standard InChI is InChI=1S/C13H12BrNO/c1-9-6-10(15)8-11(7-9)16-13-5-3-2-4-12(13)14/h2-8H,15H2,1H3. The average molecular weight is 278 g/mol. The van der Waals surface area contributed by atoms with Crippen molar-refractivity contribution in [2.45, 2.75) is 6.92 Å². The molecule has 0 fully saturated rings. The van der Waals surface area contributed by atoms with Crippen LogP contribution in [0.25, 0.3) is 0 Å². The largest absolute Gasteiger partial charge is 0.456 e. The lowest BCUT2D eigenvalue weighted by Gasteiger charge is -2.08. The van der Waals surface area contributed by atoms with Crippen LogP contribution in [0.2, 0.25) is 0 Å². The Morgan fingerprint density at radius 2 is 1.88 bits per heavy atom. The Bertz CT molecular complexity index is 491. The number of nitrogen functional groups attached to an aromatic ring is 1. The lowest BCUT2D eigenvalue weighted by molar-refractivity contribution is 0.479. The summed E-state index contributed by atoms with van der Waals surface area (Å²) in [7, 11) is 0. The summed E-state index contributed by atoms with van der Waals surface area (Å²) in [6.45, 7) is 1.99. The van der Waals surface area contributed by atoms with E-state index in [0.29, 0.717) is 5.69 Å². The van der Waals surface area contributed by atoms with Gasteiger partial charge in [-0.25, -0.2) is 0 Å².